The van der Waals surface area contributed by atoms with Crippen LogP contribution in [0, 0.1) is 53.4 Å². The molecular weight excluding hydrogens is 288 g/mol. The standard InChI is InChI=1S/C20H22.C2H6.C2H4/c1-13-9-15(3)19(16(4)10-13)7-8-20-17(5)11-14(2)12-18(20)6;2*1-2/h9-12H,1-6H3;1-2H3;1-2H2. The first-order valence-electron chi connectivity index (χ1n) is 8.56. The van der Waals surface area contributed by atoms with Crippen LogP contribution in [0.2, 0.25) is 0 Å². The van der Waals surface area contributed by atoms with E-state index in [1.807, 2.05) is 13.8 Å². The summed E-state index contributed by atoms with van der Waals surface area (Å²) in [5.74, 6) is 6.75. The van der Waals surface area contributed by atoms with Gasteiger partial charge < -0.3 is 0 Å². The lowest BCUT2D eigenvalue weighted by molar-refractivity contribution is 1.29. The first kappa shape index (κ1) is 21.7. The summed E-state index contributed by atoms with van der Waals surface area (Å²) < 4.78 is 0. The second-order valence-corrected chi connectivity index (χ2v) is 5.80. The predicted molar refractivity (Wildman–Crippen MR) is 110 cm³/mol. The molecule has 0 aliphatic rings. The molecule has 0 bridgehead atoms. The molecule has 2 aromatic rings. The summed E-state index contributed by atoms with van der Waals surface area (Å²) in [5.41, 5.74) is 9.97. The first-order valence-corrected chi connectivity index (χ1v) is 8.56. The Hall–Kier alpha value is -2.26. The largest absolute Gasteiger partial charge is 0.106 e. The van der Waals surface area contributed by atoms with Crippen molar-refractivity contribution in [1.29, 1.82) is 0 Å². The van der Waals surface area contributed by atoms with E-state index in [1.165, 1.54) is 33.4 Å². The molecule has 0 N–H and O–H groups in total. The number of benzene rings is 2. The number of hydrogen-bond donors (Lipinski definition) is 0. The molecule has 0 spiro atoms. The maximum absolute atomic E-state index is 3.38. The monoisotopic (exact) mass is 320 g/mol. The van der Waals surface area contributed by atoms with E-state index in [9.17, 15) is 0 Å². The molecule has 0 aliphatic carbocycles. The predicted octanol–water partition coefficient (Wildman–Crippen LogP) is 6.77. The fourth-order valence-electron chi connectivity index (χ4n) is 2.88. The average molecular weight is 321 g/mol. The van der Waals surface area contributed by atoms with Crippen LogP contribution in [0.4, 0.5) is 0 Å². The summed E-state index contributed by atoms with van der Waals surface area (Å²) in [6.45, 7) is 22.8. The Kier molecular flexibility index (Phi) is 9.51. The van der Waals surface area contributed by atoms with Crippen LogP contribution >= 0.6 is 0 Å². The van der Waals surface area contributed by atoms with Crippen molar-refractivity contribution in [2.45, 2.75) is 55.4 Å². The molecule has 0 aliphatic heterocycles. The van der Waals surface area contributed by atoms with Gasteiger partial charge in [0.15, 0.2) is 0 Å². The van der Waals surface area contributed by atoms with Gasteiger partial charge in [-0.2, -0.15) is 0 Å². The van der Waals surface area contributed by atoms with Gasteiger partial charge >= 0.3 is 0 Å². The quantitative estimate of drug-likeness (QED) is 0.371. The van der Waals surface area contributed by atoms with Gasteiger partial charge in [0.05, 0.1) is 0 Å². The molecular formula is C24H32. The molecule has 0 nitrogen and oxygen atoms in total. The van der Waals surface area contributed by atoms with Crippen LogP contribution in [0.3, 0.4) is 0 Å². The second kappa shape index (κ2) is 10.5. The first-order chi connectivity index (χ1) is 11.4. The van der Waals surface area contributed by atoms with Crippen molar-refractivity contribution in [1.82, 2.24) is 0 Å². The topological polar surface area (TPSA) is 0 Å². The molecule has 0 unspecified atom stereocenters. The van der Waals surface area contributed by atoms with E-state index in [1.54, 1.807) is 0 Å². The highest BCUT2D eigenvalue weighted by Crippen LogP contribution is 2.18. The van der Waals surface area contributed by atoms with Gasteiger partial charge in [-0.25, -0.2) is 0 Å². The minimum absolute atomic E-state index is 1.16. The van der Waals surface area contributed by atoms with E-state index in [0.29, 0.717) is 0 Å². The lowest BCUT2D eigenvalue weighted by Gasteiger charge is -2.07. The number of hydrogen-bond acceptors (Lipinski definition) is 0. The molecule has 0 aromatic heterocycles. The molecule has 2 rings (SSSR count). The maximum Gasteiger partial charge on any atom is 0.0307 e. The molecule has 2 aromatic carbocycles. The summed E-state index contributed by atoms with van der Waals surface area (Å²) in [6.07, 6.45) is 0. The Labute approximate surface area is 149 Å². The van der Waals surface area contributed by atoms with Crippen LogP contribution in [0.5, 0.6) is 0 Å². The van der Waals surface area contributed by atoms with Gasteiger partial charge in [0.2, 0.25) is 0 Å². The molecule has 128 valence electrons. The van der Waals surface area contributed by atoms with Crippen molar-refractivity contribution in [3.05, 3.63) is 81.9 Å². The van der Waals surface area contributed by atoms with Gasteiger partial charge in [0, 0.05) is 11.1 Å². The van der Waals surface area contributed by atoms with E-state index in [0.717, 1.165) is 11.1 Å². The van der Waals surface area contributed by atoms with Gasteiger partial charge in [0.25, 0.3) is 0 Å². The van der Waals surface area contributed by atoms with E-state index in [-0.39, 0.29) is 0 Å². The fraction of sp³-hybridized carbons (Fsp3) is 0.333. The minimum Gasteiger partial charge on any atom is -0.106 e. The highest BCUT2D eigenvalue weighted by atomic mass is 14.1. The van der Waals surface area contributed by atoms with Gasteiger partial charge in [-0.05, 0) is 63.8 Å². The van der Waals surface area contributed by atoms with Crippen LogP contribution in [0.15, 0.2) is 37.4 Å². The number of rotatable bonds is 0. The molecule has 0 atom stereocenters. The van der Waals surface area contributed by atoms with Gasteiger partial charge in [-0.15, -0.1) is 13.2 Å². The van der Waals surface area contributed by atoms with Crippen molar-refractivity contribution in [3.63, 3.8) is 0 Å². The van der Waals surface area contributed by atoms with Crippen molar-refractivity contribution in [3.8, 4) is 11.8 Å². The summed E-state index contributed by atoms with van der Waals surface area (Å²) in [6, 6.07) is 8.80. The van der Waals surface area contributed by atoms with E-state index >= 15 is 0 Å². The Morgan fingerprint density at radius 2 is 0.750 bits per heavy atom. The fourth-order valence-corrected chi connectivity index (χ4v) is 2.88. The number of aryl methyl sites for hydroxylation is 6. The van der Waals surface area contributed by atoms with Crippen LogP contribution < -0.4 is 0 Å². The molecule has 0 saturated carbocycles. The SMILES string of the molecule is C=C.CC.Cc1cc(C)c(C#Cc2c(C)cc(C)cc2C)c(C)c1. The maximum atomic E-state index is 3.38. The molecule has 0 fully saturated rings. The zero-order valence-corrected chi connectivity index (χ0v) is 16.7. The zero-order chi connectivity index (χ0) is 18.9. The van der Waals surface area contributed by atoms with Gasteiger partial charge in [-0.3, -0.25) is 0 Å². The molecule has 0 heterocycles. The summed E-state index contributed by atoms with van der Waals surface area (Å²) in [4.78, 5) is 0. The molecule has 0 saturated heterocycles. The van der Waals surface area contributed by atoms with Crippen LogP contribution in [-0.2, 0) is 0 Å². The average Bonchev–Trinajstić information content (AvgIpc) is 2.52. The van der Waals surface area contributed by atoms with Crippen molar-refractivity contribution >= 4 is 0 Å². The summed E-state index contributed by atoms with van der Waals surface area (Å²) in [5, 5.41) is 0. The summed E-state index contributed by atoms with van der Waals surface area (Å²) >= 11 is 0. The van der Waals surface area contributed by atoms with Crippen LogP contribution in [0.25, 0.3) is 0 Å². The molecule has 0 amide bonds. The lowest BCUT2D eigenvalue weighted by atomic mass is 9.97. The van der Waals surface area contributed by atoms with E-state index < -0.39 is 0 Å². The zero-order valence-electron chi connectivity index (χ0n) is 16.7. The van der Waals surface area contributed by atoms with Gasteiger partial charge in [0.1, 0.15) is 0 Å². The third-order valence-electron chi connectivity index (χ3n) is 3.67. The highest BCUT2D eigenvalue weighted by molar-refractivity contribution is 5.55. The smallest absolute Gasteiger partial charge is 0.0307 e. The van der Waals surface area contributed by atoms with Crippen molar-refractivity contribution in [2.24, 2.45) is 0 Å². The van der Waals surface area contributed by atoms with Crippen molar-refractivity contribution < 1.29 is 0 Å². The molecule has 0 heteroatoms. The van der Waals surface area contributed by atoms with Crippen LogP contribution in [0.1, 0.15) is 58.4 Å². The third-order valence-corrected chi connectivity index (χ3v) is 3.67. The third kappa shape index (κ3) is 5.74. The summed E-state index contributed by atoms with van der Waals surface area (Å²) in [7, 11) is 0. The molecule has 0 radical (unpaired) electrons. The molecule has 24 heavy (non-hydrogen) atoms. The second-order valence-electron chi connectivity index (χ2n) is 5.80. The lowest BCUT2D eigenvalue weighted by Crippen LogP contribution is -1.92. The van der Waals surface area contributed by atoms with Gasteiger partial charge in [-0.1, -0.05) is 61.1 Å². The Balaban J connectivity index is 0.00000123. The van der Waals surface area contributed by atoms with Crippen LogP contribution in [-0.4, -0.2) is 0 Å². The Bertz CT molecular complexity index is 629. The Morgan fingerprint density at radius 3 is 0.958 bits per heavy atom. The normalized spacial score (nSPS) is 8.83. The van der Waals surface area contributed by atoms with E-state index in [2.05, 4.69) is 90.8 Å². The van der Waals surface area contributed by atoms with Crippen molar-refractivity contribution in [2.75, 3.05) is 0 Å². The highest BCUT2D eigenvalue weighted by Gasteiger charge is 2.03. The minimum atomic E-state index is 1.16. The Morgan fingerprint density at radius 1 is 0.542 bits per heavy atom. The van der Waals surface area contributed by atoms with E-state index in [4.69, 9.17) is 0 Å².